The Bertz CT molecular complexity index is 322. The number of aliphatic carboxylic acids is 1. The van der Waals surface area contributed by atoms with E-state index in [-0.39, 0.29) is 18.7 Å². The molecule has 18 heavy (non-hydrogen) atoms. The Labute approximate surface area is 106 Å². The second-order valence-electron chi connectivity index (χ2n) is 4.75. The van der Waals surface area contributed by atoms with E-state index >= 15 is 0 Å². The number of carboxylic acids is 1. The van der Waals surface area contributed by atoms with Gasteiger partial charge in [-0.1, -0.05) is 0 Å². The molecule has 0 rings (SSSR count). The first kappa shape index (κ1) is 16.2. The summed E-state index contributed by atoms with van der Waals surface area (Å²) in [7, 11) is 1.46. The highest BCUT2D eigenvalue weighted by Crippen LogP contribution is 2.07. The first-order valence-corrected chi connectivity index (χ1v) is 5.58. The van der Waals surface area contributed by atoms with Gasteiger partial charge in [0.25, 0.3) is 0 Å². The smallest absolute Gasteiger partial charge is 0.408 e. The van der Waals surface area contributed by atoms with Gasteiger partial charge in [-0.25, -0.2) is 9.59 Å². The Morgan fingerprint density at radius 2 is 1.83 bits per heavy atom. The van der Waals surface area contributed by atoms with Crippen LogP contribution >= 0.6 is 0 Å². The molecule has 0 aliphatic heterocycles. The normalized spacial score (nSPS) is 12.4. The molecule has 0 aromatic rings. The molecule has 7 nitrogen and oxygen atoms in total. The summed E-state index contributed by atoms with van der Waals surface area (Å²) >= 11 is 0. The number of hydrogen-bond acceptors (Lipinski definition) is 4. The summed E-state index contributed by atoms with van der Waals surface area (Å²) in [6.45, 7) is 5.02. The number of carbonyl (C=O) groups excluding carboxylic acids is 2. The van der Waals surface area contributed by atoms with Crippen LogP contribution in [0.4, 0.5) is 4.79 Å². The van der Waals surface area contributed by atoms with E-state index in [2.05, 4.69) is 10.6 Å². The molecule has 0 aromatic carbocycles. The van der Waals surface area contributed by atoms with Crippen LogP contribution in [0.3, 0.4) is 0 Å². The van der Waals surface area contributed by atoms with E-state index < -0.39 is 23.7 Å². The first-order chi connectivity index (χ1) is 8.15. The van der Waals surface area contributed by atoms with Crippen molar-refractivity contribution in [3.8, 4) is 0 Å². The lowest BCUT2D eigenvalue weighted by Gasteiger charge is -2.21. The summed E-state index contributed by atoms with van der Waals surface area (Å²) in [5, 5.41) is 13.5. The van der Waals surface area contributed by atoms with Crippen LogP contribution in [0.15, 0.2) is 0 Å². The molecule has 0 fully saturated rings. The van der Waals surface area contributed by atoms with Crippen molar-refractivity contribution in [2.45, 2.75) is 45.3 Å². The zero-order chi connectivity index (χ0) is 14.3. The van der Waals surface area contributed by atoms with E-state index in [4.69, 9.17) is 9.84 Å². The summed E-state index contributed by atoms with van der Waals surface area (Å²) in [6.07, 6.45) is -0.788. The van der Waals surface area contributed by atoms with Crippen LogP contribution in [0, 0.1) is 0 Å². The predicted molar refractivity (Wildman–Crippen MR) is 64.1 cm³/mol. The SMILES string of the molecule is CNC(=O)CC[C@H](NC(=O)OC(C)(C)C)C(=O)O. The number of hydrogen-bond donors (Lipinski definition) is 3. The minimum Gasteiger partial charge on any atom is -0.480 e. The summed E-state index contributed by atoms with van der Waals surface area (Å²) in [5.74, 6) is -1.49. The van der Waals surface area contributed by atoms with Gasteiger partial charge in [0.2, 0.25) is 5.91 Å². The van der Waals surface area contributed by atoms with Crippen LogP contribution in [-0.2, 0) is 14.3 Å². The lowest BCUT2D eigenvalue weighted by molar-refractivity contribution is -0.139. The summed E-state index contributed by atoms with van der Waals surface area (Å²) < 4.78 is 4.94. The summed E-state index contributed by atoms with van der Waals surface area (Å²) in [6, 6.07) is -1.14. The monoisotopic (exact) mass is 260 g/mol. The van der Waals surface area contributed by atoms with Crippen LogP contribution in [0.1, 0.15) is 33.6 Å². The molecule has 1 atom stereocenters. The van der Waals surface area contributed by atoms with Gasteiger partial charge < -0.3 is 20.5 Å². The molecule has 0 radical (unpaired) electrons. The maximum absolute atomic E-state index is 11.4. The van der Waals surface area contributed by atoms with Gasteiger partial charge >= 0.3 is 12.1 Å². The number of ether oxygens (including phenoxy) is 1. The topological polar surface area (TPSA) is 105 Å². The van der Waals surface area contributed by atoms with E-state index in [1.165, 1.54) is 7.05 Å². The minimum absolute atomic E-state index is 0.00818. The van der Waals surface area contributed by atoms with E-state index in [9.17, 15) is 14.4 Å². The Hall–Kier alpha value is -1.79. The van der Waals surface area contributed by atoms with Gasteiger partial charge in [0.05, 0.1) is 0 Å². The van der Waals surface area contributed by atoms with E-state index in [0.29, 0.717) is 0 Å². The molecule has 7 heteroatoms. The van der Waals surface area contributed by atoms with Crippen LogP contribution in [-0.4, -0.2) is 41.8 Å². The third-order valence-corrected chi connectivity index (χ3v) is 1.93. The zero-order valence-corrected chi connectivity index (χ0v) is 11.1. The molecule has 0 bridgehead atoms. The molecule has 3 N–H and O–H groups in total. The van der Waals surface area contributed by atoms with Crippen molar-refractivity contribution in [1.82, 2.24) is 10.6 Å². The van der Waals surface area contributed by atoms with Gasteiger partial charge in [0.15, 0.2) is 0 Å². The number of amides is 2. The number of nitrogens with one attached hydrogen (secondary N) is 2. The minimum atomic E-state index is -1.20. The molecule has 0 aliphatic carbocycles. The molecule has 0 saturated carbocycles. The van der Waals surface area contributed by atoms with E-state index in [1.807, 2.05) is 0 Å². The molecule has 0 aliphatic rings. The van der Waals surface area contributed by atoms with Crippen LogP contribution in [0.2, 0.25) is 0 Å². The lowest BCUT2D eigenvalue weighted by Crippen LogP contribution is -2.44. The molecule has 0 aromatic heterocycles. The predicted octanol–water partition coefficient (Wildman–Crippen LogP) is 0.491. The van der Waals surface area contributed by atoms with Crippen molar-refractivity contribution in [1.29, 1.82) is 0 Å². The fourth-order valence-corrected chi connectivity index (χ4v) is 1.11. The first-order valence-electron chi connectivity index (χ1n) is 5.58. The van der Waals surface area contributed by atoms with Gasteiger partial charge in [-0.3, -0.25) is 4.79 Å². The molecular formula is C11H20N2O5. The van der Waals surface area contributed by atoms with Crippen molar-refractivity contribution in [2.24, 2.45) is 0 Å². The molecule has 0 unspecified atom stereocenters. The third kappa shape index (κ3) is 7.48. The zero-order valence-electron chi connectivity index (χ0n) is 11.1. The summed E-state index contributed by atoms with van der Waals surface area (Å²) in [4.78, 5) is 33.3. The van der Waals surface area contributed by atoms with E-state index in [0.717, 1.165) is 0 Å². The van der Waals surface area contributed by atoms with Crippen molar-refractivity contribution in [3.63, 3.8) is 0 Å². The van der Waals surface area contributed by atoms with Crippen molar-refractivity contribution < 1.29 is 24.2 Å². The largest absolute Gasteiger partial charge is 0.480 e. The fourth-order valence-electron chi connectivity index (χ4n) is 1.11. The van der Waals surface area contributed by atoms with Gasteiger partial charge in [0.1, 0.15) is 11.6 Å². The Balaban J connectivity index is 4.32. The number of rotatable bonds is 5. The highest BCUT2D eigenvalue weighted by atomic mass is 16.6. The van der Waals surface area contributed by atoms with Gasteiger partial charge in [-0.2, -0.15) is 0 Å². The van der Waals surface area contributed by atoms with E-state index in [1.54, 1.807) is 20.8 Å². The second-order valence-corrected chi connectivity index (χ2v) is 4.75. The summed E-state index contributed by atoms with van der Waals surface area (Å²) in [5.41, 5.74) is -0.700. The number of carboxylic acid groups (broad SMARTS) is 1. The van der Waals surface area contributed by atoms with Crippen molar-refractivity contribution in [2.75, 3.05) is 7.05 Å². The molecule has 0 saturated heterocycles. The van der Waals surface area contributed by atoms with Crippen LogP contribution < -0.4 is 10.6 Å². The lowest BCUT2D eigenvalue weighted by atomic mass is 10.1. The highest BCUT2D eigenvalue weighted by Gasteiger charge is 2.24. The quantitative estimate of drug-likeness (QED) is 0.667. The highest BCUT2D eigenvalue weighted by molar-refractivity contribution is 5.81. The Morgan fingerprint density at radius 1 is 1.28 bits per heavy atom. The maximum atomic E-state index is 11.4. The third-order valence-electron chi connectivity index (χ3n) is 1.93. The molecule has 104 valence electrons. The average molecular weight is 260 g/mol. The van der Waals surface area contributed by atoms with Crippen molar-refractivity contribution >= 4 is 18.0 Å². The molecule has 2 amide bonds. The average Bonchev–Trinajstić information content (AvgIpc) is 2.20. The van der Waals surface area contributed by atoms with Crippen LogP contribution in [0.25, 0.3) is 0 Å². The molecule has 0 heterocycles. The molecule has 0 spiro atoms. The van der Waals surface area contributed by atoms with Gasteiger partial charge in [0, 0.05) is 13.5 Å². The molecular weight excluding hydrogens is 240 g/mol. The van der Waals surface area contributed by atoms with Gasteiger partial charge in [-0.05, 0) is 27.2 Å². The standard InChI is InChI=1S/C11H20N2O5/c1-11(2,3)18-10(17)13-7(9(15)16)5-6-8(14)12-4/h7H,5-6H2,1-4H3,(H,12,14)(H,13,17)(H,15,16)/t7-/m0/s1. The Kier molecular flexibility index (Phi) is 6.15. The van der Waals surface area contributed by atoms with Crippen LogP contribution in [0.5, 0.6) is 0 Å². The maximum Gasteiger partial charge on any atom is 0.408 e. The fraction of sp³-hybridized carbons (Fsp3) is 0.727. The van der Waals surface area contributed by atoms with Crippen molar-refractivity contribution in [3.05, 3.63) is 0 Å². The Morgan fingerprint density at radius 3 is 2.22 bits per heavy atom. The van der Waals surface area contributed by atoms with Gasteiger partial charge in [-0.15, -0.1) is 0 Å². The second kappa shape index (κ2) is 6.83. The number of alkyl carbamates (subject to hydrolysis) is 1. The number of carbonyl (C=O) groups is 3.